The van der Waals surface area contributed by atoms with E-state index in [1.807, 2.05) is 0 Å². The van der Waals surface area contributed by atoms with Crippen molar-refractivity contribution in [1.82, 2.24) is 15.2 Å². The van der Waals surface area contributed by atoms with Crippen LogP contribution in [0.2, 0.25) is 0 Å². The highest BCUT2D eigenvalue weighted by molar-refractivity contribution is 5.86. The van der Waals surface area contributed by atoms with Crippen molar-refractivity contribution < 1.29 is 4.42 Å². The highest BCUT2D eigenvalue weighted by Crippen LogP contribution is 2.14. The van der Waals surface area contributed by atoms with E-state index in [1.54, 1.807) is 12.3 Å². The minimum atomic E-state index is -0.108. The fourth-order valence-electron chi connectivity index (χ4n) is 1.41. The molecule has 0 atom stereocenters. The van der Waals surface area contributed by atoms with E-state index in [0.717, 1.165) is 0 Å². The fourth-order valence-corrected chi connectivity index (χ4v) is 1.41. The van der Waals surface area contributed by atoms with E-state index in [1.165, 1.54) is 12.4 Å². The Bertz CT molecular complexity index is 668. The fraction of sp³-hybridized carbons (Fsp3) is 0. The molecule has 1 N–H and O–H groups in total. The first kappa shape index (κ1) is 7.25. The van der Waals surface area contributed by atoms with Gasteiger partial charge in [0.15, 0.2) is 0 Å². The van der Waals surface area contributed by atoms with Gasteiger partial charge in [-0.15, -0.1) is 0 Å². The number of H-pyrrole nitrogens is 1. The first-order valence-corrected chi connectivity index (χ1v) is 4.06. The van der Waals surface area contributed by atoms with Gasteiger partial charge in [-0.1, -0.05) is 0 Å². The molecule has 0 unspecified atom stereocenters. The number of nitrogens with zero attached hydrogens (tertiary/aromatic N) is 2. The van der Waals surface area contributed by atoms with Crippen LogP contribution in [-0.2, 0) is 0 Å². The Morgan fingerprint density at radius 1 is 1.29 bits per heavy atom. The Balaban J connectivity index is 2.70. The van der Waals surface area contributed by atoms with Crippen molar-refractivity contribution in [3.63, 3.8) is 0 Å². The Morgan fingerprint density at radius 2 is 2.21 bits per heavy atom. The topological polar surface area (TPSA) is 71.8 Å². The predicted octanol–water partition coefficient (Wildman–Crippen LogP) is 1.06. The lowest BCUT2D eigenvalue weighted by Crippen LogP contribution is -2.00. The Morgan fingerprint density at radius 3 is 3.14 bits per heavy atom. The lowest BCUT2D eigenvalue weighted by atomic mass is 10.2. The quantitative estimate of drug-likeness (QED) is 0.571. The normalized spacial score (nSPS) is 11.1. The van der Waals surface area contributed by atoms with E-state index in [9.17, 15) is 4.79 Å². The molecule has 0 aliphatic carbocycles. The lowest BCUT2D eigenvalue weighted by molar-refractivity contribution is 0.641. The van der Waals surface area contributed by atoms with Crippen molar-refractivity contribution in [3.05, 3.63) is 34.9 Å². The molecule has 0 saturated carbocycles. The SMILES string of the molecule is O=c1c2cnccc2oc2[nH]ncc12. The van der Waals surface area contributed by atoms with Crippen LogP contribution in [0.5, 0.6) is 0 Å². The maximum absolute atomic E-state index is 11.8. The van der Waals surface area contributed by atoms with Crippen LogP contribution in [-0.4, -0.2) is 15.2 Å². The second-order valence-corrected chi connectivity index (χ2v) is 2.92. The molecule has 0 radical (unpaired) electrons. The standard InChI is InChI=1S/C9H5N3O2/c13-8-5-3-10-2-1-7(5)14-9-6(8)4-11-12-9/h1-4H,(H,11,12). The molecule has 5 heteroatoms. The summed E-state index contributed by atoms with van der Waals surface area (Å²) in [5.41, 5.74) is 0.804. The molecule has 5 nitrogen and oxygen atoms in total. The van der Waals surface area contributed by atoms with E-state index < -0.39 is 0 Å². The summed E-state index contributed by atoms with van der Waals surface area (Å²) in [6.07, 6.45) is 4.52. The highest BCUT2D eigenvalue weighted by atomic mass is 16.3. The van der Waals surface area contributed by atoms with Crippen molar-refractivity contribution in [2.45, 2.75) is 0 Å². The number of fused-ring (bicyclic) bond motifs is 2. The predicted molar refractivity (Wildman–Crippen MR) is 49.9 cm³/mol. The van der Waals surface area contributed by atoms with E-state index in [0.29, 0.717) is 22.1 Å². The molecule has 0 aliphatic heterocycles. The monoisotopic (exact) mass is 187 g/mol. The average Bonchev–Trinajstić information content (AvgIpc) is 2.66. The zero-order chi connectivity index (χ0) is 9.54. The molecule has 3 aromatic heterocycles. The van der Waals surface area contributed by atoms with Gasteiger partial charge in [-0.25, -0.2) is 5.10 Å². The van der Waals surface area contributed by atoms with Crippen LogP contribution in [0.15, 0.2) is 33.9 Å². The van der Waals surface area contributed by atoms with Crippen LogP contribution < -0.4 is 5.43 Å². The summed E-state index contributed by atoms with van der Waals surface area (Å²) in [6.45, 7) is 0. The summed E-state index contributed by atoms with van der Waals surface area (Å²) >= 11 is 0. The number of hydrogen-bond acceptors (Lipinski definition) is 4. The molecule has 0 spiro atoms. The summed E-state index contributed by atoms with van der Waals surface area (Å²) < 4.78 is 5.41. The van der Waals surface area contributed by atoms with Gasteiger partial charge in [0.2, 0.25) is 11.1 Å². The zero-order valence-electron chi connectivity index (χ0n) is 7.02. The number of hydrogen-bond donors (Lipinski definition) is 1. The van der Waals surface area contributed by atoms with Crippen molar-refractivity contribution in [2.24, 2.45) is 0 Å². The second-order valence-electron chi connectivity index (χ2n) is 2.92. The van der Waals surface area contributed by atoms with Crippen molar-refractivity contribution in [3.8, 4) is 0 Å². The molecule has 68 valence electrons. The van der Waals surface area contributed by atoms with Crippen molar-refractivity contribution in [1.29, 1.82) is 0 Å². The van der Waals surface area contributed by atoms with E-state index >= 15 is 0 Å². The molecule has 0 amide bonds. The maximum atomic E-state index is 11.8. The third-order valence-corrected chi connectivity index (χ3v) is 2.09. The largest absolute Gasteiger partial charge is 0.438 e. The molecular formula is C9H5N3O2. The summed E-state index contributed by atoms with van der Waals surface area (Å²) in [5.74, 6) is 0. The Hall–Kier alpha value is -2.17. The minimum absolute atomic E-state index is 0.108. The van der Waals surface area contributed by atoms with Crippen molar-refractivity contribution in [2.75, 3.05) is 0 Å². The minimum Gasteiger partial charge on any atom is -0.438 e. The Labute approximate surface area is 77.4 Å². The lowest BCUT2D eigenvalue weighted by Gasteiger charge is -1.94. The van der Waals surface area contributed by atoms with Crippen LogP contribution in [0.1, 0.15) is 0 Å². The Kier molecular flexibility index (Phi) is 1.25. The zero-order valence-corrected chi connectivity index (χ0v) is 7.02. The van der Waals surface area contributed by atoms with Gasteiger partial charge in [-0.2, -0.15) is 5.10 Å². The summed E-state index contributed by atoms with van der Waals surface area (Å²) in [6, 6.07) is 1.65. The molecule has 14 heavy (non-hydrogen) atoms. The second kappa shape index (κ2) is 2.41. The van der Waals surface area contributed by atoms with Crippen molar-refractivity contribution >= 4 is 22.1 Å². The van der Waals surface area contributed by atoms with Gasteiger partial charge in [-0.05, 0) is 6.07 Å². The average molecular weight is 187 g/mol. The first-order chi connectivity index (χ1) is 6.86. The molecule has 0 bridgehead atoms. The molecule has 3 rings (SSSR count). The van der Waals surface area contributed by atoms with E-state index in [2.05, 4.69) is 15.2 Å². The smallest absolute Gasteiger partial charge is 0.226 e. The summed E-state index contributed by atoms with van der Waals surface area (Å²) in [7, 11) is 0. The van der Waals surface area contributed by atoms with Crippen LogP contribution in [0.3, 0.4) is 0 Å². The van der Waals surface area contributed by atoms with Gasteiger partial charge in [0, 0.05) is 12.4 Å². The van der Waals surface area contributed by atoms with Gasteiger partial charge in [-0.3, -0.25) is 9.78 Å². The van der Waals surface area contributed by atoms with E-state index in [-0.39, 0.29) is 5.43 Å². The number of pyridine rings is 1. The third-order valence-electron chi connectivity index (χ3n) is 2.09. The molecule has 0 aliphatic rings. The van der Waals surface area contributed by atoms with Crippen LogP contribution in [0, 0.1) is 0 Å². The van der Waals surface area contributed by atoms with Crippen LogP contribution in [0.25, 0.3) is 22.1 Å². The highest BCUT2D eigenvalue weighted by Gasteiger charge is 2.07. The number of aromatic nitrogens is 3. The van der Waals surface area contributed by atoms with Crippen LogP contribution >= 0.6 is 0 Å². The number of aromatic amines is 1. The molecule has 0 saturated heterocycles. The van der Waals surface area contributed by atoms with Gasteiger partial charge in [0.25, 0.3) is 0 Å². The summed E-state index contributed by atoms with van der Waals surface area (Å²) in [5, 5.41) is 7.28. The molecular weight excluding hydrogens is 182 g/mol. The van der Waals surface area contributed by atoms with Gasteiger partial charge < -0.3 is 4.42 Å². The van der Waals surface area contributed by atoms with Gasteiger partial charge in [0.05, 0.1) is 11.6 Å². The van der Waals surface area contributed by atoms with Gasteiger partial charge in [0.1, 0.15) is 11.0 Å². The third kappa shape index (κ3) is 0.806. The molecule has 0 fully saturated rings. The first-order valence-electron chi connectivity index (χ1n) is 4.06. The number of nitrogens with one attached hydrogen (secondary N) is 1. The summed E-state index contributed by atoms with van der Waals surface area (Å²) in [4.78, 5) is 15.7. The number of rotatable bonds is 0. The molecule has 0 aromatic carbocycles. The van der Waals surface area contributed by atoms with Gasteiger partial charge >= 0.3 is 0 Å². The molecule has 3 heterocycles. The van der Waals surface area contributed by atoms with Crippen LogP contribution in [0.4, 0.5) is 0 Å². The van der Waals surface area contributed by atoms with E-state index in [4.69, 9.17) is 4.42 Å². The maximum Gasteiger partial charge on any atom is 0.226 e. The molecule has 3 aromatic rings.